The Morgan fingerprint density at radius 2 is 2.00 bits per heavy atom. The summed E-state index contributed by atoms with van der Waals surface area (Å²) in [6.07, 6.45) is 5.07. The average molecular weight is 289 g/mol. The fourth-order valence-electron chi connectivity index (χ4n) is 1.70. The maximum Gasteiger partial charge on any atom is 0.271 e. The molecular formula is C14H13ClN4O. The summed E-state index contributed by atoms with van der Waals surface area (Å²) in [5, 5.41) is 6.52. The fraction of sp³-hybridized carbons (Fsp3) is 0.214. The third kappa shape index (κ3) is 3.05. The van der Waals surface area contributed by atoms with Gasteiger partial charge in [-0.2, -0.15) is 0 Å². The van der Waals surface area contributed by atoms with Crippen molar-refractivity contribution < 1.29 is 4.79 Å². The highest BCUT2D eigenvalue weighted by Gasteiger charge is 2.24. The predicted molar refractivity (Wildman–Crippen MR) is 77.3 cm³/mol. The number of rotatable bonds is 4. The Kier molecular flexibility index (Phi) is 3.52. The molecule has 0 spiro atoms. The molecule has 2 aromatic rings. The molecule has 1 fully saturated rings. The van der Waals surface area contributed by atoms with Crippen molar-refractivity contribution in [2.45, 2.75) is 18.9 Å². The summed E-state index contributed by atoms with van der Waals surface area (Å²) in [5.41, 5.74) is 1.07. The SMILES string of the molecule is O=C(NC1CC1)c1cnc(Nc2ccccc2Cl)cn1. The summed E-state index contributed by atoms with van der Waals surface area (Å²) in [4.78, 5) is 20.0. The van der Waals surface area contributed by atoms with Crippen LogP contribution in [0.25, 0.3) is 0 Å². The van der Waals surface area contributed by atoms with Gasteiger partial charge in [-0.05, 0) is 25.0 Å². The molecule has 1 aliphatic rings. The van der Waals surface area contributed by atoms with E-state index in [0.29, 0.717) is 22.6 Å². The van der Waals surface area contributed by atoms with Gasteiger partial charge in [-0.1, -0.05) is 23.7 Å². The highest BCUT2D eigenvalue weighted by molar-refractivity contribution is 6.33. The van der Waals surface area contributed by atoms with Gasteiger partial charge in [0.2, 0.25) is 0 Å². The Hall–Kier alpha value is -2.14. The number of carbonyl (C=O) groups is 1. The van der Waals surface area contributed by atoms with Gasteiger partial charge in [-0.3, -0.25) is 4.79 Å². The Morgan fingerprint density at radius 1 is 1.20 bits per heavy atom. The van der Waals surface area contributed by atoms with Crippen molar-refractivity contribution in [2.24, 2.45) is 0 Å². The van der Waals surface area contributed by atoms with E-state index in [1.165, 1.54) is 12.4 Å². The molecule has 0 atom stereocenters. The molecule has 1 amide bonds. The zero-order valence-electron chi connectivity index (χ0n) is 10.6. The number of halogens is 1. The van der Waals surface area contributed by atoms with E-state index < -0.39 is 0 Å². The summed E-state index contributed by atoms with van der Waals surface area (Å²) < 4.78 is 0. The minimum absolute atomic E-state index is 0.177. The predicted octanol–water partition coefficient (Wildman–Crippen LogP) is 2.77. The molecule has 3 rings (SSSR count). The van der Waals surface area contributed by atoms with Gasteiger partial charge < -0.3 is 10.6 Å². The second-order valence-electron chi connectivity index (χ2n) is 4.64. The molecule has 0 saturated heterocycles. The summed E-state index contributed by atoms with van der Waals surface area (Å²) in [5.74, 6) is 0.366. The third-order valence-corrected chi connectivity index (χ3v) is 3.26. The van der Waals surface area contributed by atoms with Crippen molar-refractivity contribution >= 4 is 29.0 Å². The standard InChI is InChI=1S/C14H13ClN4O/c15-10-3-1-2-4-11(10)19-13-8-16-12(7-17-13)14(20)18-9-5-6-9/h1-4,7-9H,5-6H2,(H,17,19)(H,18,20). The van der Waals surface area contributed by atoms with E-state index in [1.807, 2.05) is 18.2 Å². The van der Waals surface area contributed by atoms with Gasteiger partial charge in [-0.25, -0.2) is 9.97 Å². The number of hydrogen-bond donors (Lipinski definition) is 2. The van der Waals surface area contributed by atoms with Crippen LogP contribution in [-0.2, 0) is 0 Å². The molecule has 0 aliphatic heterocycles. The molecule has 1 aromatic heterocycles. The monoisotopic (exact) mass is 288 g/mol. The lowest BCUT2D eigenvalue weighted by Crippen LogP contribution is -2.26. The number of benzene rings is 1. The number of carbonyl (C=O) groups excluding carboxylic acids is 1. The molecule has 5 nitrogen and oxygen atoms in total. The second-order valence-corrected chi connectivity index (χ2v) is 5.05. The lowest BCUT2D eigenvalue weighted by molar-refractivity contribution is 0.0945. The number of nitrogens with one attached hydrogen (secondary N) is 2. The number of nitrogens with zero attached hydrogens (tertiary/aromatic N) is 2. The second kappa shape index (κ2) is 5.46. The molecule has 102 valence electrons. The molecule has 1 heterocycles. The van der Waals surface area contributed by atoms with E-state index >= 15 is 0 Å². The third-order valence-electron chi connectivity index (χ3n) is 2.93. The van der Waals surface area contributed by atoms with E-state index in [9.17, 15) is 4.79 Å². The van der Waals surface area contributed by atoms with Crippen LogP contribution in [0.15, 0.2) is 36.7 Å². The van der Waals surface area contributed by atoms with Crippen molar-refractivity contribution in [1.82, 2.24) is 15.3 Å². The maximum atomic E-state index is 11.8. The summed E-state index contributed by atoms with van der Waals surface area (Å²) >= 11 is 6.05. The van der Waals surface area contributed by atoms with Crippen LogP contribution in [0.3, 0.4) is 0 Å². The van der Waals surface area contributed by atoms with Gasteiger partial charge in [0.05, 0.1) is 23.1 Å². The molecule has 6 heteroatoms. The lowest BCUT2D eigenvalue weighted by atomic mass is 10.3. The number of para-hydroxylation sites is 1. The maximum absolute atomic E-state index is 11.8. The average Bonchev–Trinajstić information content (AvgIpc) is 3.26. The first kappa shape index (κ1) is 12.9. The van der Waals surface area contributed by atoms with Crippen LogP contribution in [0.2, 0.25) is 5.02 Å². The van der Waals surface area contributed by atoms with E-state index in [0.717, 1.165) is 18.5 Å². The Bertz CT molecular complexity index is 625. The molecule has 0 unspecified atom stereocenters. The Morgan fingerprint density at radius 3 is 2.65 bits per heavy atom. The smallest absolute Gasteiger partial charge is 0.271 e. The van der Waals surface area contributed by atoms with E-state index in [4.69, 9.17) is 11.6 Å². The highest BCUT2D eigenvalue weighted by atomic mass is 35.5. The van der Waals surface area contributed by atoms with Crippen molar-refractivity contribution in [3.8, 4) is 0 Å². The first-order valence-electron chi connectivity index (χ1n) is 6.37. The van der Waals surface area contributed by atoms with Gasteiger partial charge >= 0.3 is 0 Å². The van der Waals surface area contributed by atoms with Gasteiger partial charge in [0.25, 0.3) is 5.91 Å². The molecule has 20 heavy (non-hydrogen) atoms. The quantitative estimate of drug-likeness (QED) is 0.908. The number of anilines is 2. The van der Waals surface area contributed by atoms with Crippen molar-refractivity contribution in [3.05, 3.63) is 47.4 Å². The van der Waals surface area contributed by atoms with Crippen LogP contribution >= 0.6 is 11.6 Å². The first-order valence-corrected chi connectivity index (χ1v) is 6.74. The normalized spacial score (nSPS) is 13.8. The molecule has 2 N–H and O–H groups in total. The Balaban J connectivity index is 1.69. The number of hydrogen-bond acceptors (Lipinski definition) is 4. The van der Waals surface area contributed by atoms with Crippen LogP contribution in [-0.4, -0.2) is 21.9 Å². The zero-order valence-corrected chi connectivity index (χ0v) is 11.4. The van der Waals surface area contributed by atoms with E-state index in [2.05, 4.69) is 20.6 Å². The Labute approximate surface area is 121 Å². The topological polar surface area (TPSA) is 66.9 Å². The van der Waals surface area contributed by atoms with Crippen LogP contribution < -0.4 is 10.6 Å². The van der Waals surface area contributed by atoms with E-state index in [1.54, 1.807) is 6.07 Å². The van der Waals surface area contributed by atoms with Gasteiger partial charge in [0.15, 0.2) is 0 Å². The van der Waals surface area contributed by atoms with Crippen LogP contribution in [0.4, 0.5) is 11.5 Å². The zero-order chi connectivity index (χ0) is 13.9. The summed E-state index contributed by atoms with van der Waals surface area (Å²) in [6, 6.07) is 7.67. The minimum atomic E-state index is -0.177. The van der Waals surface area contributed by atoms with Crippen molar-refractivity contribution in [1.29, 1.82) is 0 Å². The van der Waals surface area contributed by atoms with Crippen LogP contribution in [0.1, 0.15) is 23.3 Å². The fourth-order valence-corrected chi connectivity index (χ4v) is 1.88. The molecular weight excluding hydrogens is 276 g/mol. The van der Waals surface area contributed by atoms with Gasteiger partial charge in [-0.15, -0.1) is 0 Å². The van der Waals surface area contributed by atoms with Crippen molar-refractivity contribution in [2.75, 3.05) is 5.32 Å². The number of amides is 1. The van der Waals surface area contributed by atoms with Crippen LogP contribution in [0, 0.1) is 0 Å². The molecule has 1 saturated carbocycles. The van der Waals surface area contributed by atoms with Gasteiger partial charge in [0, 0.05) is 6.04 Å². The first-order chi connectivity index (χ1) is 9.72. The lowest BCUT2D eigenvalue weighted by Gasteiger charge is -2.07. The summed E-state index contributed by atoms with van der Waals surface area (Å²) in [7, 11) is 0. The molecule has 1 aromatic carbocycles. The largest absolute Gasteiger partial charge is 0.348 e. The van der Waals surface area contributed by atoms with E-state index in [-0.39, 0.29) is 5.91 Å². The molecule has 1 aliphatic carbocycles. The van der Waals surface area contributed by atoms with Crippen molar-refractivity contribution in [3.63, 3.8) is 0 Å². The number of aromatic nitrogens is 2. The van der Waals surface area contributed by atoms with Crippen LogP contribution in [0.5, 0.6) is 0 Å². The summed E-state index contributed by atoms with van der Waals surface area (Å²) in [6.45, 7) is 0. The minimum Gasteiger partial charge on any atom is -0.348 e. The molecule has 0 bridgehead atoms. The van der Waals surface area contributed by atoms with Gasteiger partial charge in [0.1, 0.15) is 11.5 Å². The molecule has 0 radical (unpaired) electrons. The highest BCUT2D eigenvalue weighted by Crippen LogP contribution is 2.23.